The Morgan fingerprint density at radius 3 is 2.71 bits per heavy atom. The molecule has 0 saturated heterocycles. The van der Waals surface area contributed by atoms with E-state index < -0.39 is 11.7 Å². The zero-order valence-corrected chi connectivity index (χ0v) is 10.5. The van der Waals surface area contributed by atoms with Gasteiger partial charge in [0.15, 0.2) is 0 Å². The van der Waals surface area contributed by atoms with E-state index >= 15 is 0 Å². The lowest BCUT2D eigenvalue weighted by Crippen LogP contribution is -2.28. The maximum absolute atomic E-state index is 11.5. The van der Waals surface area contributed by atoms with Crippen molar-refractivity contribution in [1.82, 2.24) is 9.97 Å². The highest BCUT2D eigenvalue weighted by Crippen LogP contribution is 2.18. The molecule has 0 atom stereocenters. The largest absolute Gasteiger partial charge is 0.444 e. The molecule has 0 aromatic carbocycles. The van der Waals surface area contributed by atoms with Crippen molar-refractivity contribution in [2.24, 2.45) is 0 Å². The number of nitrogens with one attached hydrogen (secondary N) is 2. The fraction of sp³-hybridized carbons (Fsp3) is 0.400. The number of halogens is 1. The van der Waals surface area contributed by atoms with Crippen LogP contribution in [-0.2, 0) is 4.74 Å². The van der Waals surface area contributed by atoms with Crippen molar-refractivity contribution in [3.63, 3.8) is 0 Å². The molecule has 2 N–H and O–H groups in total. The highest BCUT2D eigenvalue weighted by molar-refractivity contribution is 6.32. The molecule has 1 rings (SSSR count). The predicted molar refractivity (Wildman–Crippen MR) is 64.8 cm³/mol. The van der Waals surface area contributed by atoms with E-state index in [1.54, 1.807) is 20.8 Å². The summed E-state index contributed by atoms with van der Waals surface area (Å²) in [7, 11) is 0. The molecule has 1 aromatic heterocycles. The van der Waals surface area contributed by atoms with Crippen molar-refractivity contribution in [2.75, 3.05) is 5.32 Å². The van der Waals surface area contributed by atoms with Gasteiger partial charge in [-0.3, -0.25) is 5.32 Å². The van der Waals surface area contributed by atoms with E-state index in [0.717, 1.165) is 6.21 Å². The number of amides is 1. The fourth-order valence-corrected chi connectivity index (χ4v) is 1.19. The minimum atomic E-state index is -0.657. The third-order valence-corrected chi connectivity index (χ3v) is 1.90. The SMILES string of the molecule is CC(C)(C)OC(=O)Nc1ncnc(Cl)c1C=N. The number of carbonyl (C=O) groups is 1. The van der Waals surface area contributed by atoms with Gasteiger partial charge in [0.25, 0.3) is 0 Å². The summed E-state index contributed by atoms with van der Waals surface area (Å²) < 4.78 is 5.05. The number of aromatic nitrogens is 2. The van der Waals surface area contributed by atoms with Gasteiger partial charge in [-0.15, -0.1) is 0 Å². The summed E-state index contributed by atoms with van der Waals surface area (Å²) in [6.45, 7) is 5.24. The molecule has 0 spiro atoms. The highest BCUT2D eigenvalue weighted by atomic mass is 35.5. The maximum atomic E-state index is 11.5. The number of hydrogen-bond donors (Lipinski definition) is 2. The first kappa shape index (κ1) is 13.4. The molecule has 0 fully saturated rings. The second kappa shape index (κ2) is 5.09. The van der Waals surface area contributed by atoms with E-state index in [0.29, 0.717) is 0 Å². The summed E-state index contributed by atoms with van der Waals surface area (Å²) >= 11 is 5.75. The van der Waals surface area contributed by atoms with Crippen LogP contribution in [0.25, 0.3) is 0 Å². The van der Waals surface area contributed by atoms with Crippen LogP contribution in [-0.4, -0.2) is 27.9 Å². The Balaban J connectivity index is 2.85. The lowest BCUT2D eigenvalue weighted by atomic mass is 10.2. The predicted octanol–water partition coefficient (Wildman–Crippen LogP) is 2.47. The van der Waals surface area contributed by atoms with Crippen LogP contribution in [0.2, 0.25) is 5.15 Å². The molecule has 1 heterocycles. The molecule has 6 nitrogen and oxygen atoms in total. The van der Waals surface area contributed by atoms with E-state index in [9.17, 15) is 4.79 Å². The Kier molecular flexibility index (Phi) is 4.01. The zero-order chi connectivity index (χ0) is 13.1. The average Bonchev–Trinajstić information content (AvgIpc) is 2.14. The summed E-state index contributed by atoms with van der Waals surface area (Å²) in [6.07, 6.45) is 1.51. The first-order chi connectivity index (χ1) is 7.83. The molecule has 0 unspecified atom stereocenters. The third kappa shape index (κ3) is 3.99. The summed E-state index contributed by atoms with van der Waals surface area (Å²) in [4.78, 5) is 19.0. The summed E-state index contributed by atoms with van der Waals surface area (Å²) in [5.41, 5.74) is -0.369. The monoisotopic (exact) mass is 256 g/mol. The molecule has 7 heteroatoms. The van der Waals surface area contributed by atoms with E-state index in [1.807, 2.05) is 0 Å². The number of nitrogens with zero attached hydrogens (tertiary/aromatic N) is 2. The summed E-state index contributed by atoms with van der Waals surface area (Å²) in [5.74, 6) is 0.147. The molecule has 0 saturated carbocycles. The number of rotatable bonds is 2. The van der Waals surface area contributed by atoms with Crippen LogP contribution in [0.5, 0.6) is 0 Å². The molecule has 0 bridgehead atoms. The average molecular weight is 257 g/mol. The molecule has 0 radical (unpaired) electrons. The zero-order valence-electron chi connectivity index (χ0n) is 9.74. The van der Waals surface area contributed by atoms with Gasteiger partial charge in [-0.25, -0.2) is 14.8 Å². The van der Waals surface area contributed by atoms with Crippen LogP contribution >= 0.6 is 11.6 Å². The normalized spacial score (nSPS) is 10.8. The minimum absolute atomic E-state index is 0.0982. The van der Waals surface area contributed by atoms with Crippen molar-refractivity contribution in [1.29, 1.82) is 5.41 Å². The molecule has 17 heavy (non-hydrogen) atoms. The molecule has 1 amide bonds. The van der Waals surface area contributed by atoms with Crippen LogP contribution in [0.3, 0.4) is 0 Å². The fourth-order valence-electron chi connectivity index (χ4n) is 1.00. The van der Waals surface area contributed by atoms with Gasteiger partial charge in [0.2, 0.25) is 0 Å². The van der Waals surface area contributed by atoms with Gasteiger partial charge in [0.1, 0.15) is 22.9 Å². The molecule has 1 aromatic rings. The topological polar surface area (TPSA) is 88.0 Å². The third-order valence-electron chi connectivity index (χ3n) is 1.60. The molecule has 0 aliphatic carbocycles. The smallest absolute Gasteiger partial charge is 0.413 e. The van der Waals surface area contributed by atoms with E-state index in [-0.39, 0.29) is 16.5 Å². The quantitative estimate of drug-likeness (QED) is 0.628. The van der Waals surface area contributed by atoms with E-state index in [2.05, 4.69) is 15.3 Å². The van der Waals surface area contributed by atoms with Crippen LogP contribution < -0.4 is 5.32 Å². The van der Waals surface area contributed by atoms with Gasteiger partial charge in [-0.2, -0.15) is 0 Å². The van der Waals surface area contributed by atoms with Crippen LogP contribution in [0.15, 0.2) is 6.33 Å². The standard InChI is InChI=1S/C10H13ClN4O2/c1-10(2,3)17-9(16)15-8-6(4-12)7(11)13-5-14-8/h4-5,12H,1-3H3,(H,13,14,15,16). The lowest BCUT2D eigenvalue weighted by molar-refractivity contribution is 0.0635. The van der Waals surface area contributed by atoms with E-state index in [1.165, 1.54) is 6.33 Å². The second-order valence-electron chi connectivity index (χ2n) is 4.20. The molecule has 0 aliphatic heterocycles. The maximum Gasteiger partial charge on any atom is 0.413 e. The molecule has 92 valence electrons. The number of carbonyl (C=O) groups excluding carboxylic acids is 1. The Labute approximate surface area is 104 Å². The van der Waals surface area contributed by atoms with Crippen molar-refractivity contribution in [2.45, 2.75) is 26.4 Å². The van der Waals surface area contributed by atoms with Crippen molar-refractivity contribution >= 4 is 29.7 Å². The van der Waals surface area contributed by atoms with Crippen molar-refractivity contribution in [3.05, 3.63) is 17.0 Å². The van der Waals surface area contributed by atoms with Gasteiger partial charge in [0, 0.05) is 6.21 Å². The Bertz CT molecular complexity index is 442. The minimum Gasteiger partial charge on any atom is -0.444 e. The van der Waals surface area contributed by atoms with Gasteiger partial charge >= 0.3 is 6.09 Å². The van der Waals surface area contributed by atoms with Crippen molar-refractivity contribution < 1.29 is 9.53 Å². The number of anilines is 1. The van der Waals surface area contributed by atoms with Crippen LogP contribution in [0.1, 0.15) is 26.3 Å². The molecular formula is C10H13ClN4O2. The number of hydrogen-bond acceptors (Lipinski definition) is 5. The Morgan fingerprint density at radius 2 is 2.18 bits per heavy atom. The van der Waals surface area contributed by atoms with Crippen molar-refractivity contribution in [3.8, 4) is 0 Å². The second-order valence-corrected chi connectivity index (χ2v) is 4.56. The highest BCUT2D eigenvalue weighted by Gasteiger charge is 2.18. The lowest BCUT2D eigenvalue weighted by Gasteiger charge is -2.19. The first-order valence-corrected chi connectivity index (χ1v) is 5.22. The summed E-state index contributed by atoms with van der Waals surface area (Å²) in [5, 5.41) is 9.68. The van der Waals surface area contributed by atoms with Gasteiger partial charge in [0.05, 0.1) is 5.56 Å². The van der Waals surface area contributed by atoms with Crippen LogP contribution in [0.4, 0.5) is 10.6 Å². The van der Waals surface area contributed by atoms with Gasteiger partial charge < -0.3 is 10.1 Å². The molecule has 0 aliphatic rings. The van der Waals surface area contributed by atoms with Gasteiger partial charge in [-0.05, 0) is 20.8 Å². The van der Waals surface area contributed by atoms with Crippen LogP contribution in [0, 0.1) is 5.41 Å². The van der Waals surface area contributed by atoms with Gasteiger partial charge in [-0.1, -0.05) is 11.6 Å². The Morgan fingerprint density at radius 1 is 1.53 bits per heavy atom. The summed E-state index contributed by atoms with van der Waals surface area (Å²) in [6, 6.07) is 0. The van der Waals surface area contributed by atoms with E-state index in [4.69, 9.17) is 21.7 Å². The molecular weight excluding hydrogens is 244 g/mol. The first-order valence-electron chi connectivity index (χ1n) is 4.84. The number of ether oxygens (including phenoxy) is 1. The Hall–Kier alpha value is -1.69.